The second kappa shape index (κ2) is 9.50. The molecular weight excluding hydrogens is 264 g/mol. The van der Waals surface area contributed by atoms with Crippen LogP contribution in [0.4, 0.5) is 0 Å². The van der Waals surface area contributed by atoms with E-state index in [1.165, 1.54) is 0 Å². The van der Waals surface area contributed by atoms with Gasteiger partial charge in [-0.1, -0.05) is 20.8 Å². The molecule has 1 aliphatic carbocycles. The zero-order valence-electron chi connectivity index (χ0n) is 13.7. The highest BCUT2D eigenvalue weighted by Crippen LogP contribution is 2.25. The van der Waals surface area contributed by atoms with Gasteiger partial charge in [0.2, 0.25) is 5.88 Å². The van der Waals surface area contributed by atoms with E-state index in [9.17, 15) is 4.79 Å². The summed E-state index contributed by atoms with van der Waals surface area (Å²) in [4.78, 5) is 15.2. The maximum atomic E-state index is 11.0. The minimum Gasteiger partial charge on any atom is -0.474 e. The molecule has 1 N–H and O–H groups in total. The Hall–Kier alpha value is -1.42. The van der Waals surface area contributed by atoms with Gasteiger partial charge in [0.15, 0.2) is 0 Å². The van der Waals surface area contributed by atoms with E-state index < -0.39 is 0 Å². The monoisotopic (exact) mass is 294 g/mol. The van der Waals surface area contributed by atoms with Crippen molar-refractivity contribution in [1.29, 1.82) is 0 Å². The quantitative estimate of drug-likeness (QED) is 0.837. The van der Waals surface area contributed by atoms with Crippen LogP contribution in [0.15, 0.2) is 18.3 Å². The van der Waals surface area contributed by atoms with Gasteiger partial charge in [-0.15, -0.1) is 0 Å². The first kappa shape index (κ1) is 17.6. The lowest BCUT2D eigenvalue weighted by Crippen LogP contribution is -2.46. The van der Waals surface area contributed by atoms with Crippen molar-refractivity contribution in [1.82, 2.24) is 10.3 Å². The van der Waals surface area contributed by atoms with Gasteiger partial charge >= 0.3 is 0 Å². The number of carbonyl (C=O) groups excluding carboxylic acids is 1. The number of hydrogen-bond acceptors (Lipinski definition) is 4. The van der Waals surface area contributed by atoms with Crippen molar-refractivity contribution in [3.05, 3.63) is 23.9 Å². The van der Waals surface area contributed by atoms with E-state index in [-0.39, 0.29) is 13.3 Å². The Morgan fingerprint density at radius 3 is 2.81 bits per heavy atom. The Bertz CT molecular complexity index is 434. The average molecular weight is 294 g/mol. The van der Waals surface area contributed by atoms with Crippen LogP contribution in [0, 0.1) is 0 Å². The van der Waals surface area contributed by atoms with E-state index in [1.807, 2.05) is 26.0 Å². The molecule has 120 valence electrons. The number of nitrogens with zero attached hydrogens (tertiary/aromatic N) is 1. The zero-order valence-corrected chi connectivity index (χ0v) is 13.7. The van der Waals surface area contributed by atoms with E-state index in [0.29, 0.717) is 18.3 Å². The van der Waals surface area contributed by atoms with Crippen molar-refractivity contribution in [2.45, 2.75) is 65.5 Å². The summed E-state index contributed by atoms with van der Waals surface area (Å²) in [6, 6.07) is 4.48. The molecule has 0 atom stereocenters. The van der Waals surface area contributed by atoms with E-state index >= 15 is 0 Å². The molecule has 0 saturated heterocycles. The topological polar surface area (TPSA) is 51.2 Å². The first-order valence-electron chi connectivity index (χ1n) is 8.01. The summed E-state index contributed by atoms with van der Waals surface area (Å²) in [6.07, 6.45) is 5.47. The number of aromatic nitrogens is 1. The molecule has 4 nitrogen and oxygen atoms in total. The second-order valence-corrected chi connectivity index (χ2v) is 5.17. The predicted octanol–water partition coefficient (Wildman–Crippen LogP) is 3.39. The smallest absolute Gasteiger partial charge is 0.213 e. The molecule has 0 aromatic carbocycles. The molecule has 0 unspecified atom stereocenters. The standard InChI is InChI=1S/C15H22N2O2.C2H6.H2/c1-3-16-13-9-14(10-13)19-15-8-12(6-7-17-15)5-4-11(2)18;1-2;/h6-8,13-14,16H,3-5,9-10H2,1-2H3;1-2H3;1H. The maximum absolute atomic E-state index is 11.0. The number of ether oxygens (including phenoxy) is 1. The van der Waals surface area contributed by atoms with Gasteiger partial charge in [0, 0.05) is 26.2 Å². The minimum atomic E-state index is 0. The molecule has 1 aliphatic rings. The highest BCUT2D eigenvalue weighted by atomic mass is 16.5. The highest BCUT2D eigenvalue weighted by molar-refractivity contribution is 5.75. The Balaban J connectivity index is 0.00000141. The summed E-state index contributed by atoms with van der Waals surface area (Å²) in [6.45, 7) is 8.75. The van der Waals surface area contributed by atoms with Crippen LogP contribution in [-0.4, -0.2) is 29.5 Å². The molecular formula is C17H30N2O2. The van der Waals surface area contributed by atoms with E-state index in [0.717, 1.165) is 31.4 Å². The third kappa shape index (κ3) is 6.25. The van der Waals surface area contributed by atoms with Gasteiger partial charge in [-0.2, -0.15) is 0 Å². The number of ketones is 1. The van der Waals surface area contributed by atoms with Crippen molar-refractivity contribution in [3.8, 4) is 5.88 Å². The van der Waals surface area contributed by atoms with Crippen LogP contribution in [0.1, 0.15) is 53.9 Å². The molecule has 0 amide bonds. The lowest BCUT2D eigenvalue weighted by molar-refractivity contribution is -0.116. The molecule has 0 bridgehead atoms. The van der Waals surface area contributed by atoms with Crippen LogP contribution in [0.2, 0.25) is 0 Å². The van der Waals surface area contributed by atoms with Gasteiger partial charge in [0.1, 0.15) is 11.9 Å². The summed E-state index contributed by atoms with van der Waals surface area (Å²) in [5.41, 5.74) is 1.11. The molecule has 21 heavy (non-hydrogen) atoms. The molecule has 1 heterocycles. The highest BCUT2D eigenvalue weighted by Gasteiger charge is 2.30. The third-order valence-corrected chi connectivity index (χ3v) is 3.44. The molecule has 0 aliphatic heterocycles. The lowest BCUT2D eigenvalue weighted by Gasteiger charge is -2.35. The molecule has 1 aromatic rings. The molecule has 1 saturated carbocycles. The van der Waals surface area contributed by atoms with E-state index in [1.54, 1.807) is 13.1 Å². The fourth-order valence-corrected chi connectivity index (χ4v) is 2.28. The van der Waals surface area contributed by atoms with E-state index in [4.69, 9.17) is 4.74 Å². The minimum absolute atomic E-state index is 0. The summed E-state index contributed by atoms with van der Waals surface area (Å²) in [5.74, 6) is 0.896. The maximum Gasteiger partial charge on any atom is 0.213 e. The van der Waals surface area contributed by atoms with Gasteiger partial charge in [-0.05, 0) is 44.4 Å². The Morgan fingerprint density at radius 2 is 2.19 bits per heavy atom. The molecule has 2 rings (SSSR count). The van der Waals surface area contributed by atoms with Crippen molar-refractivity contribution in [2.24, 2.45) is 0 Å². The van der Waals surface area contributed by atoms with Crippen molar-refractivity contribution in [3.63, 3.8) is 0 Å². The number of rotatable bonds is 7. The fraction of sp³-hybridized carbons (Fsp3) is 0.647. The first-order chi connectivity index (χ1) is 10.2. The summed E-state index contributed by atoms with van der Waals surface area (Å²) in [5, 5.41) is 3.40. The van der Waals surface area contributed by atoms with Crippen LogP contribution >= 0.6 is 0 Å². The number of nitrogens with one attached hydrogen (secondary N) is 1. The first-order valence-corrected chi connectivity index (χ1v) is 8.01. The fourth-order valence-electron chi connectivity index (χ4n) is 2.28. The lowest BCUT2D eigenvalue weighted by atomic mass is 9.89. The number of pyridine rings is 1. The van der Waals surface area contributed by atoms with Crippen molar-refractivity contribution in [2.75, 3.05) is 6.54 Å². The molecule has 0 radical (unpaired) electrons. The SMILES string of the molecule is CC.CCNC1CC(Oc2cc(CCC(C)=O)ccn2)C1.[HH]. The number of aryl methyl sites for hydroxylation is 1. The zero-order chi connectivity index (χ0) is 15.7. The number of carbonyl (C=O) groups is 1. The summed E-state index contributed by atoms with van der Waals surface area (Å²) >= 11 is 0. The Labute approximate surface area is 129 Å². The Kier molecular flexibility index (Phi) is 7.98. The molecule has 1 fully saturated rings. The molecule has 1 aromatic heterocycles. The van der Waals surface area contributed by atoms with Gasteiger partial charge in [-0.25, -0.2) is 4.98 Å². The third-order valence-electron chi connectivity index (χ3n) is 3.44. The van der Waals surface area contributed by atoms with Crippen molar-refractivity contribution < 1.29 is 11.0 Å². The number of Topliss-reactive ketones (excluding diaryl/α,β-unsaturated/α-hetero) is 1. The van der Waals surface area contributed by atoms with Gasteiger partial charge < -0.3 is 14.8 Å². The number of hydrogen-bond donors (Lipinski definition) is 1. The predicted molar refractivity (Wildman–Crippen MR) is 87.8 cm³/mol. The Morgan fingerprint density at radius 1 is 1.48 bits per heavy atom. The van der Waals surface area contributed by atoms with Crippen LogP contribution in [0.5, 0.6) is 5.88 Å². The van der Waals surface area contributed by atoms with Crippen LogP contribution in [-0.2, 0) is 11.2 Å². The normalized spacial score (nSPS) is 20.0. The van der Waals surface area contributed by atoms with Gasteiger partial charge in [0.05, 0.1) is 0 Å². The largest absolute Gasteiger partial charge is 0.474 e. The molecule has 4 heteroatoms. The summed E-state index contributed by atoms with van der Waals surface area (Å²) in [7, 11) is 0. The van der Waals surface area contributed by atoms with Crippen LogP contribution in [0.25, 0.3) is 0 Å². The van der Waals surface area contributed by atoms with Gasteiger partial charge in [-0.3, -0.25) is 0 Å². The summed E-state index contributed by atoms with van der Waals surface area (Å²) < 4.78 is 5.84. The van der Waals surface area contributed by atoms with Gasteiger partial charge in [0.25, 0.3) is 0 Å². The van der Waals surface area contributed by atoms with Crippen LogP contribution < -0.4 is 10.1 Å². The van der Waals surface area contributed by atoms with Crippen molar-refractivity contribution >= 4 is 5.78 Å². The average Bonchev–Trinajstić information content (AvgIpc) is 2.45. The molecule has 0 spiro atoms. The van der Waals surface area contributed by atoms with E-state index in [2.05, 4.69) is 17.2 Å². The van der Waals surface area contributed by atoms with Crippen LogP contribution in [0.3, 0.4) is 0 Å². The second-order valence-electron chi connectivity index (χ2n) is 5.17.